The Labute approximate surface area is 186 Å². The number of rotatable bonds is 5. The molecule has 2 aliphatic rings. The van der Waals surface area contributed by atoms with E-state index in [1.807, 2.05) is 24.3 Å². The maximum atomic E-state index is 13.1. The normalized spacial score (nSPS) is 19.4. The number of carbonyl (C=O) groups excluding carboxylic acids is 4. The highest BCUT2D eigenvalue weighted by Crippen LogP contribution is 2.28. The Hall–Kier alpha value is -3.52. The molecular formula is C24H25N3O5. The van der Waals surface area contributed by atoms with Crippen LogP contribution in [-0.4, -0.2) is 60.7 Å². The molecule has 0 saturated carbocycles. The van der Waals surface area contributed by atoms with Crippen LogP contribution in [0.25, 0.3) is 0 Å². The largest absolute Gasteiger partial charge is 0.427 e. The number of anilines is 2. The highest BCUT2D eigenvalue weighted by Gasteiger charge is 2.43. The summed E-state index contributed by atoms with van der Waals surface area (Å²) >= 11 is 0. The van der Waals surface area contributed by atoms with Crippen molar-refractivity contribution in [2.24, 2.45) is 0 Å². The van der Waals surface area contributed by atoms with Gasteiger partial charge in [-0.05, 0) is 55.5 Å². The minimum absolute atomic E-state index is 0.0383. The van der Waals surface area contributed by atoms with E-state index in [9.17, 15) is 19.2 Å². The molecule has 8 heteroatoms. The maximum absolute atomic E-state index is 13.1. The quantitative estimate of drug-likeness (QED) is 0.308. The van der Waals surface area contributed by atoms with E-state index in [0.29, 0.717) is 30.1 Å². The van der Waals surface area contributed by atoms with Gasteiger partial charge in [0.15, 0.2) is 5.78 Å². The van der Waals surface area contributed by atoms with Crippen molar-refractivity contribution >= 4 is 34.9 Å². The number of hydrogen-bond acceptors (Lipinski definition) is 7. The zero-order valence-corrected chi connectivity index (χ0v) is 18.1. The SMILES string of the molecule is CC(=O)Oc1ccc(N2C(=O)C[C@H](N3CCN(c4ccc(C(C)=O)cc4)CC3)C2=O)cc1. The molecule has 0 aliphatic carbocycles. The molecule has 2 aliphatic heterocycles. The molecule has 2 amide bonds. The first kappa shape index (κ1) is 21.7. The lowest BCUT2D eigenvalue weighted by atomic mass is 10.1. The molecule has 2 saturated heterocycles. The van der Waals surface area contributed by atoms with Crippen LogP contribution >= 0.6 is 0 Å². The lowest BCUT2D eigenvalue weighted by molar-refractivity contribution is -0.132. The number of ketones is 1. The molecule has 2 aromatic carbocycles. The molecule has 32 heavy (non-hydrogen) atoms. The first-order chi connectivity index (χ1) is 15.3. The van der Waals surface area contributed by atoms with Crippen molar-refractivity contribution in [3.05, 3.63) is 54.1 Å². The van der Waals surface area contributed by atoms with Crippen molar-refractivity contribution in [2.45, 2.75) is 26.3 Å². The molecule has 0 bridgehead atoms. The van der Waals surface area contributed by atoms with Crippen molar-refractivity contribution in [1.29, 1.82) is 0 Å². The van der Waals surface area contributed by atoms with Crippen LogP contribution in [0.5, 0.6) is 5.75 Å². The third-order valence-corrected chi connectivity index (χ3v) is 5.87. The Balaban J connectivity index is 1.39. The summed E-state index contributed by atoms with van der Waals surface area (Å²) in [6, 6.07) is 13.4. The number of imide groups is 1. The zero-order chi connectivity index (χ0) is 22.8. The Kier molecular flexibility index (Phi) is 6.05. The van der Waals surface area contributed by atoms with Gasteiger partial charge in [-0.25, -0.2) is 4.90 Å². The second kappa shape index (κ2) is 8.92. The number of hydrogen-bond donors (Lipinski definition) is 0. The summed E-state index contributed by atoms with van der Waals surface area (Å²) in [6.45, 7) is 5.65. The van der Waals surface area contributed by atoms with Gasteiger partial charge in [-0.2, -0.15) is 0 Å². The number of piperazine rings is 1. The summed E-state index contributed by atoms with van der Waals surface area (Å²) < 4.78 is 5.01. The second-order valence-corrected chi connectivity index (χ2v) is 8.00. The average Bonchev–Trinajstić information content (AvgIpc) is 3.08. The minimum Gasteiger partial charge on any atom is -0.427 e. The molecule has 0 unspecified atom stereocenters. The van der Waals surface area contributed by atoms with Gasteiger partial charge < -0.3 is 9.64 Å². The molecule has 0 radical (unpaired) electrons. The summed E-state index contributed by atoms with van der Waals surface area (Å²) in [6.07, 6.45) is 0.151. The third kappa shape index (κ3) is 4.40. The lowest BCUT2D eigenvalue weighted by Crippen LogP contribution is -2.52. The van der Waals surface area contributed by atoms with Crippen molar-refractivity contribution in [2.75, 3.05) is 36.0 Å². The van der Waals surface area contributed by atoms with Crippen LogP contribution < -0.4 is 14.5 Å². The van der Waals surface area contributed by atoms with Crippen LogP contribution in [0, 0.1) is 0 Å². The molecule has 0 aromatic heterocycles. The van der Waals surface area contributed by atoms with Crippen molar-refractivity contribution < 1.29 is 23.9 Å². The van der Waals surface area contributed by atoms with E-state index in [2.05, 4.69) is 9.80 Å². The fraction of sp³-hybridized carbons (Fsp3) is 0.333. The number of carbonyl (C=O) groups is 4. The number of amides is 2. The first-order valence-corrected chi connectivity index (χ1v) is 10.6. The Bertz CT molecular complexity index is 1040. The van der Waals surface area contributed by atoms with Crippen molar-refractivity contribution in [3.63, 3.8) is 0 Å². The molecule has 2 heterocycles. The highest BCUT2D eigenvalue weighted by molar-refractivity contribution is 6.22. The van der Waals surface area contributed by atoms with Crippen LogP contribution in [0.4, 0.5) is 11.4 Å². The lowest BCUT2D eigenvalue weighted by Gasteiger charge is -2.38. The van der Waals surface area contributed by atoms with Gasteiger partial charge in [0.1, 0.15) is 5.75 Å². The van der Waals surface area contributed by atoms with Gasteiger partial charge in [0.25, 0.3) is 5.91 Å². The van der Waals surface area contributed by atoms with E-state index in [1.54, 1.807) is 31.2 Å². The number of ether oxygens (including phenoxy) is 1. The van der Waals surface area contributed by atoms with Gasteiger partial charge in [0, 0.05) is 44.4 Å². The van der Waals surface area contributed by atoms with Crippen LogP contribution in [0.1, 0.15) is 30.6 Å². The Morgan fingerprint density at radius 3 is 2.00 bits per heavy atom. The van der Waals surface area contributed by atoms with Crippen LogP contribution in [0.3, 0.4) is 0 Å². The fourth-order valence-corrected chi connectivity index (χ4v) is 4.20. The number of Topliss-reactive ketones (excluding diaryl/α,β-unsaturated/α-hetero) is 1. The summed E-state index contributed by atoms with van der Waals surface area (Å²) in [4.78, 5) is 53.7. The van der Waals surface area contributed by atoms with Gasteiger partial charge in [-0.3, -0.25) is 24.1 Å². The van der Waals surface area contributed by atoms with Gasteiger partial charge in [0.05, 0.1) is 18.2 Å². The first-order valence-electron chi connectivity index (χ1n) is 10.6. The molecule has 8 nitrogen and oxygen atoms in total. The van der Waals surface area contributed by atoms with E-state index in [-0.39, 0.29) is 24.0 Å². The minimum atomic E-state index is -0.474. The molecule has 4 rings (SSSR count). The summed E-state index contributed by atoms with van der Waals surface area (Å²) in [5.41, 5.74) is 2.20. The molecule has 2 aromatic rings. The molecular weight excluding hydrogens is 410 g/mol. The van der Waals surface area contributed by atoms with E-state index < -0.39 is 12.0 Å². The Morgan fingerprint density at radius 2 is 1.44 bits per heavy atom. The predicted molar refractivity (Wildman–Crippen MR) is 119 cm³/mol. The predicted octanol–water partition coefficient (Wildman–Crippen LogP) is 2.27. The molecule has 2 fully saturated rings. The van der Waals surface area contributed by atoms with E-state index >= 15 is 0 Å². The summed E-state index contributed by atoms with van der Waals surface area (Å²) in [7, 11) is 0. The van der Waals surface area contributed by atoms with Crippen molar-refractivity contribution in [3.8, 4) is 5.75 Å². The second-order valence-electron chi connectivity index (χ2n) is 8.00. The smallest absolute Gasteiger partial charge is 0.308 e. The monoisotopic (exact) mass is 435 g/mol. The van der Waals surface area contributed by atoms with Crippen LogP contribution in [0.2, 0.25) is 0 Å². The van der Waals surface area contributed by atoms with Gasteiger partial charge >= 0.3 is 5.97 Å². The number of nitrogens with zero attached hydrogens (tertiary/aromatic N) is 3. The molecule has 166 valence electrons. The number of benzene rings is 2. The maximum Gasteiger partial charge on any atom is 0.308 e. The van der Waals surface area contributed by atoms with Crippen LogP contribution in [0.15, 0.2) is 48.5 Å². The third-order valence-electron chi connectivity index (χ3n) is 5.87. The standard InChI is InChI=1S/C24H25N3O5/c1-16(28)18-3-5-19(6-4-18)25-11-13-26(14-12-25)22-15-23(30)27(24(22)31)20-7-9-21(10-8-20)32-17(2)29/h3-10,22H,11-15H2,1-2H3/t22-/m0/s1. The van der Waals surface area contributed by atoms with Gasteiger partial charge in [-0.15, -0.1) is 0 Å². The van der Waals surface area contributed by atoms with E-state index in [1.165, 1.54) is 11.8 Å². The average molecular weight is 435 g/mol. The van der Waals surface area contributed by atoms with E-state index in [4.69, 9.17) is 4.74 Å². The van der Waals surface area contributed by atoms with Crippen molar-refractivity contribution in [1.82, 2.24) is 4.90 Å². The Morgan fingerprint density at radius 1 is 0.844 bits per heavy atom. The summed E-state index contributed by atoms with van der Waals surface area (Å²) in [5.74, 6) is -0.488. The van der Waals surface area contributed by atoms with E-state index in [0.717, 1.165) is 18.8 Å². The van der Waals surface area contributed by atoms with Gasteiger partial charge in [0.2, 0.25) is 5.91 Å². The zero-order valence-electron chi connectivity index (χ0n) is 18.1. The van der Waals surface area contributed by atoms with Gasteiger partial charge in [-0.1, -0.05) is 0 Å². The molecule has 1 atom stereocenters. The molecule has 0 spiro atoms. The topological polar surface area (TPSA) is 87.2 Å². The summed E-state index contributed by atoms with van der Waals surface area (Å²) in [5, 5.41) is 0. The highest BCUT2D eigenvalue weighted by atomic mass is 16.5. The fourth-order valence-electron chi connectivity index (χ4n) is 4.20. The van der Waals surface area contributed by atoms with Crippen LogP contribution in [-0.2, 0) is 14.4 Å². The number of esters is 1. The molecule has 0 N–H and O–H groups in total.